The standard InChI is InChI=1S/C17H26N6O/c1-11(2)17-21-20-15-7-8-22(9-10-23(15)17)16(24)6-5-14-12(3)18-19-13(14)4/h11H,5-10H2,1-4H3,(H,18,19). The van der Waals surface area contributed by atoms with Crippen LogP contribution in [0.3, 0.4) is 0 Å². The van der Waals surface area contributed by atoms with E-state index in [1.807, 2.05) is 18.7 Å². The van der Waals surface area contributed by atoms with Crippen molar-refractivity contribution in [2.75, 3.05) is 13.1 Å². The summed E-state index contributed by atoms with van der Waals surface area (Å²) in [5, 5.41) is 15.8. The second-order valence-corrected chi connectivity index (χ2v) is 6.82. The predicted octanol–water partition coefficient (Wildman–Crippen LogP) is 1.76. The van der Waals surface area contributed by atoms with Crippen LogP contribution in [0.1, 0.15) is 54.8 Å². The summed E-state index contributed by atoms with van der Waals surface area (Å²) in [6.45, 7) is 10.5. The number of aromatic amines is 1. The number of aromatic nitrogens is 5. The van der Waals surface area contributed by atoms with Crippen molar-refractivity contribution >= 4 is 5.91 Å². The lowest BCUT2D eigenvalue weighted by molar-refractivity contribution is -0.131. The molecule has 2 aromatic heterocycles. The van der Waals surface area contributed by atoms with E-state index in [0.717, 1.165) is 61.1 Å². The van der Waals surface area contributed by atoms with Crippen LogP contribution in [-0.4, -0.2) is 48.9 Å². The van der Waals surface area contributed by atoms with Gasteiger partial charge in [0.15, 0.2) is 0 Å². The summed E-state index contributed by atoms with van der Waals surface area (Å²) in [6, 6.07) is 0. The topological polar surface area (TPSA) is 79.7 Å². The SMILES string of the molecule is Cc1n[nH]c(C)c1CCC(=O)N1CCc2nnc(C(C)C)n2CC1. The van der Waals surface area contributed by atoms with E-state index >= 15 is 0 Å². The Balaban J connectivity index is 1.61. The Morgan fingerprint density at radius 3 is 2.67 bits per heavy atom. The first-order chi connectivity index (χ1) is 11.5. The Labute approximate surface area is 142 Å². The molecule has 7 nitrogen and oxygen atoms in total. The van der Waals surface area contributed by atoms with Gasteiger partial charge in [-0.2, -0.15) is 5.10 Å². The molecule has 0 radical (unpaired) electrons. The van der Waals surface area contributed by atoms with E-state index in [0.29, 0.717) is 12.3 Å². The van der Waals surface area contributed by atoms with Gasteiger partial charge in [0.1, 0.15) is 11.6 Å². The van der Waals surface area contributed by atoms with Crippen molar-refractivity contribution in [3.63, 3.8) is 0 Å². The van der Waals surface area contributed by atoms with E-state index in [-0.39, 0.29) is 5.91 Å². The maximum atomic E-state index is 12.6. The lowest BCUT2D eigenvalue weighted by Gasteiger charge is -2.20. The van der Waals surface area contributed by atoms with Crippen molar-refractivity contribution in [3.8, 4) is 0 Å². The Hall–Kier alpha value is -2.18. The third kappa shape index (κ3) is 3.20. The van der Waals surface area contributed by atoms with E-state index < -0.39 is 0 Å². The zero-order valence-electron chi connectivity index (χ0n) is 15.0. The van der Waals surface area contributed by atoms with Crippen LogP contribution in [0.2, 0.25) is 0 Å². The van der Waals surface area contributed by atoms with E-state index in [2.05, 4.69) is 38.8 Å². The molecule has 7 heteroatoms. The van der Waals surface area contributed by atoms with Gasteiger partial charge in [-0.1, -0.05) is 13.8 Å². The number of aryl methyl sites for hydroxylation is 2. The Kier molecular flexibility index (Phi) is 4.69. The van der Waals surface area contributed by atoms with Gasteiger partial charge >= 0.3 is 0 Å². The summed E-state index contributed by atoms with van der Waals surface area (Å²) in [7, 11) is 0. The van der Waals surface area contributed by atoms with Gasteiger partial charge in [0, 0.05) is 44.1 Å². The van der Waals surface area contributed by atoms with Gasteiger partial charge in [-0.05, 0) is 25.8 Å². The first-order valence-electron chi connectivity index (χ1n) is 8.67. The number of nitrogens with one attached hydrogen (secondary N) is 1. The lowest BCUT2D eigenvalue weighted by atomic mass is 10.1. The highest BCUT2D eigenvalue weighted by Gasteiger charge is 2.22. The van der Waals surface area contributed by atoms with Crippen LogP contribution < -0.4 is 0 Å². The molecule has 1 amide bonds. The number of nitrogens with zero attached hydrogens (tertiary/aromatic N) is 5. The molecular weight excluding hydrogens is 304 g/mol. The number of amides is 1. The Morgan fingerprint density at radius 2 is 2.00 bits per heavy atom. The van der Waals surface area contributed by atoms with Gasteiger partial charge in [0.05, 0.1) is 5.69 Å². The third-order valence-corrected chi connectivity index (χ3v) is 4.79. The molecule has 130 valence electrons. The summed E-state index contributed by atoms with van der Waals surface area (Å²) in [5.41, 5.74) is 3.21. The minimum atomic E-state index is 0.208. The van der Waals surface area contributed by atoms with Gasteiger partial charge < -0.3 is 9.47 Å². The molecule has 24 heavy (non-hydrogen) atoms. The lowest BCUT2D eigenvalue weighted by Crippen LogP contribution is -2.34. The summed E-state index contributed by atoms with van der Waals surface area (Å²) >= 11 is 0. The van der Waals surface area contributed by atoms with Crippen molar-refractivity contribution in [1.29, 1.82) is 0 Å². The van der Waals surface area contributed by atoms with Gasteiger partial charge in [-0.3, -0.25) is 9.89 Å². The van der Waals surface area contributed by atoms with Gasteiger partial charge in [0.25, 0.3) is 0 Å². The van der Waals surface area contributed by atoms with Crippen LogP contribution in [0.5, 0.6) is 0 Å². The number of hydrogen-bond acceptors (Lipinski definition) is 4. The molecule has 0 atom stereocenters. The van der Waals surface area contributed by atoms with Gasteiger partial charge in [-0.25, -0.2) is 0 Å². The molecule has 0 unspecified atom stereocenters. The zero-order valence-corrected chi connectivity index (χ0v) is 15.0. The molecule has 0 spiro atoms. The maximum absolute atomic E-state index is 12.6. The van der Waals surface area contributed by atoms with E-state index in [1.165, 1.54) is 0 Å². The molecule has 0 fully saturated rings. The zero-order chi connectivity index (χ0) is 17.3. The van der Waals surface area contributed by atoms with Crippen LogP contribution in [0, 0.1) is 13.8 Å². The molecule has 0 aromatic carbocycles. The highest BCUT2D eigenvalue weighted by Crippen LogP contribution is 2.17. The summed E-state index contributed by atoms with van der Waals surface area (Å²) in [6.07, 6.45) is 2.04. The fourth-order valence-electron chi connectivity index (χ4n) is 3.35. The largest absolute Gasteiger partial charge is 0.340 e. The molecule has 0 bridgehead atoms. The van der Waals surface area contributed by atoms with E-state index in [4.69, 9.17) is 0 Å². The molecule has 1 N–H and O–H groups in total. The Bertz CT molecular complexity index is 710. The molecule has 0 saturated heterocycles. The molecule has 1 aliphatic rings. The number of fused-ring (bicyclic) bond motifs is 1. The van der Waals surface area contributed by atoms with Gasteiger partial charge in [-0.15, -0.1) is 10.2 Å². The highest BCUT2D eigenvalue weighted by atomic mass is 16.2. The maximum Gasteiger partial charge on any atom is 0.222 e. The summed E-state index contributed by atoms with van der Waals surface area (Å²) < 4.78 is 2.18. The fourth-order valence-corrected chi connectivity index (χ4v) is 3.35. The highest BCUT2D eigenvalue weighted by molar-refractivity contribution is 5.76. The van der Waals surface area contributed by atoms with Crippen molar-refractivity contribution in [1.82, 2.24) is 29.9 Å². The number of carbonyl (C=O) groups is 1. The normalized spacial score (nSPS) is 14.8. The number of carbonyl (C=O) groups excluding carboxylic acids is 1. The third-order valence-electron chi connectivity index (χ3n) is 4.79. The van der Waals surface area contributed by atoms with Crippen LogP contribution in [0.25, 0.3) is 0 Å². The minimum Gasteiger partial charge on any atom is -0.340 e. The van der Waals surface area contributed by atoms with Crippen LogP contribution >= 0.6 is 0 Å². The molecule has 2 aromatic rings. The number of hydrogen-bond donors (Lipinski definition) is 1. The molecular formula is C17H26N6O. The first-order valence-corrected chi connectivity index (χ1v) is 8.67. The van der Waals surface area contributed by atoms with Crippen LogP contribution in [0.4, 0.5) is 0 Å². The predicted molar refractivity (Wildman–Crippen MR) is 90.8 cm³/mol. The summed E-state index contributed by atoms with van der Waals surface area (Å²) in [5.74, 6) is 2.57. The molecule has 0 saturated carbocycles. The fraction of sp³-hybridized carbons (Fsp3) is 0.647. The van der Waals surface area contributed by atoms with Crippen LogP contribution in [-0.2, 0) is 24.2 Å². The van der Waals surface area contributed by atoms with Crippen LogP contribution in [0.15, 0.2) is 0 Å². The van der Waals surface area contributed by atoms with Crippen molar-refractivity contribution in [2.24, 2.45) is 0 Å². The smallest absolute Gasteiger partial charge is 0.222 e. The van der Waals surface area contributed by atoms with E-state index in [1.54, 1.807) is 0 Å². The molecule has 1 aliphatic heterocycles. The summed E-state index contributed by atoms with van der Waals surface area (Å²) in [4.78, 5) is 14.6. The monoisotopic (exact) mass is 330 g/mol. The van der Waals surface area contributed by atoms with Crippen molar-refractivity contribution in [2.45, 2.75) is 59.4 Å². The average Bonchev–Trinajstić information content (AvgIpc) is 3.02. The van der Waals surface area contributed by atoms with Crippen molar-refractivity contribution in [3.05, 3.63) is 28.6 Å². The van der Waals surface area contributed by atoms with Gasteiger partial charge in [0.2, 0.25) is 5.91 Å². The Morgan fingerprint density at radius 1 is 1.21 bits per heavy atom. The number of rotatable bonds is 4. The average molecular weight is 330 g/mol. The second kappa shape index (κ2) is 6.75. The quantitative estimate of drug-likeness (QED) is 0.926. The number of H-pyrrole nitrogens is 1. The molecule has 3 rings (SSSR count). The first kappa shape index (κ1) is 16.7. The molecule has 3 heterocycles. The molecule has 0 aliphatic carbocycles. The van der Waals surface area contributed by atoms with Crippen molar-refractivity contribution < 1.29 is 4.79 Å². The van der Waals surface area contributed by atoms with E-state index in [9.17, 15) is 4.79 Å². The second-order valence-electron chi connectivity index (χ2n) is 6.82. The minimum absolute atomic E-state index is 0.208.